The lowest BCUT2D eigenvalue weighted by Gasteiger charge is -2.16. The first-order chi connectivity index (χ1) is 13.4. The molecule has 0 aliphatic carbocycles. The molecule has 0 fully saturated rings. The lowest BCUT2D eigenvalue weighted by Crippen LogP contribution is -2.43. The van der Waals surface area contributed by atoms with Crippen LogP contribution < -0.4 is 10.1 Å². The zero-order valence-electron chi connectivity index (χ0n) is 15.2. The third kappa shape index (κ3) is 6.06. The summed E-state index contributed by atoms with van der Waals surface area (Å²) in [6.45, 7) is 0.490. The van der Waals surface area contributed by atoms with E-state index < -0.39 is 23.0 Å². The Hall–Kier alpha value is -3.46. The van der Waals surface area contributed by atoms with Crippen LogP contribution in [0, 0.1) is 10.1 Å². The zero-order valence-corrected chi connectivity index (χ0v) is 15.2. The van der Waals surface area contributed by atoms with Crippen LogP contribution in [0.1, 0.15) is 11.1 Å². The molecule has 1 atom stereocenters. The molecule has 0 saturated carbocycles. The number of rotatable bonds is 9. The third-order valence-electron chi connectivity index (χ3n) is 3.97. The number of nitrogens with zero attached hydrogens (tertiary/aromatic N) is 1. The molecular weight excluding hydrogens is 368 g/mol. The number of benzene rings is 2. The Balaban J connectivity index is 2.03. The number of nitro groups is 1. The number of ether oxygens (including phenoxy) is 2. The number of non-ortho nitro benzene ring substituents is 1. The SMILES string of the molecule is COCCc1ccccc1C[C@H](NC(=O)Oc1ccc([N+](=O)[O-])cc1)C(=O)O. The maximum atomic E-state index is 12.0. The molecule has 2 aromatic carbocycles. The van der Waals surface area contributed by atoms with Crippen LogP contribution in [0.25, 0.3) is 0 Å². The molecule has 2 rings (SSSR count). The Labute approximate surface area is 161 Å². The van der Waals surface area contributed by atoms with E-state index in [4.69, 9.17) is 9.47 Å². The number of nitro benzene ring substituents is 1. The molecule has 1 amide bonds. The fraction of sp³-hybridized carbons (Fsp3) is 0.263. The van der Waals surface area contributed by atoms with Gasteiger partial charge in [-0.2, -0.15) is 0 Å². The van der Waals surface area contributed by atoms with Gasteiger partial charge in [0.2, 0.25) is 0 Å². The van der Waals surface area contributed by atoms with Crippen molar-refractivity contribution >= 4 is 17.7 Å². The molecule has 148 valence electrons. The largest absolute Gasteiger partial charge is 0.480 e. The lowest BCUT2D eigenvalue weighted by molar-refractivity contribution is -0.384. The number of hydrogen-bond donors (Lipinski definition) is 2. The number of carbonyl (C=O) groups is 2. The van der Waals surface area contributed by atoms with Gasteiger partial charge in [-0.15, -0.1) is 0 Å². The summed E-state index contributed by atoms with van der Waals surface area (Å²) in [5, 5.41) is 22.4. The summed E-state index contributed by atoms with van der Waals surface area (Å²) >= 11 is 0. The van der Waals surface area contributed by atoms with Crippen LogP contribution in [0.4, 0.5) is 10.5 Å². The monoisotopic (exact) mass is 388 g/mol. The van der Waals surface area contributed by atoms with Crippen LogP contribution in [-0.4, -0.2) is 41.9 Å². The van der Waals surface area contributed by atoms with E-state index in [9.17, 15) is 24.8 Å². The van der Waals surface area contributed by atoms with Gasteiger partial charge in [-0.3, -0.25) is 10.1 Å². The predicted octanol–water partition coefficient (Wildman–Crippen LogP) is 2.57. The van der Waals surface area contributed by atoms with Crippen LogP contribution in [-0.2, 0) is 22.4 Å². The number of hydrogen-bond acceptors (Lipinski definition) is 6. The standard InChI is InChI=1S/C19H20N2O7/c1-27-11-10-13-4-2-3-5-14(13)12-17(18(22)23)20-19(24)28-16-8-6-15(7-9-16)21(25)26/h2-9,17H,10-12H2,1H3,(H,20,24)(H,22,23)/t17-/m0/s1. The van der Waals surface area contributed by atoms with Crippen molar-refractivity contribution in [1.82, 2.24) is 5.32 Å². The van der Waals surface area contributed by atoms with E-state index in [1.165, 1.54) is 24.3 Å². The highest BCUT2D eigenvalue weighted by Crippen LogP contribution is 2.18. The van der Waals surface area contributed by atoms with E-state index in [0.29, 0.717) is 13.0 Å². The van der Waals surface area contributed by atoms with Crippen LogP contribution >= 0.6 is 0 Å². The van der Waals surface area contributed by atoms with E-state index >= 15 is 0 Å². The summed E-state index contributed by atoms with van der Waals surface area (Å²) in [6.07, 6.45) is -0.271. The van der Waals surface area contributed by atoms with Gasteiger partial charge in [0, 0.05) is 25.7 Å². The van der Waals surface area contributed by atoms with Crippen molar-refractivity contribution in [3.63, 3.8) is 0 Å². The average Bonchev–Trinajstić information content (AvgIpc) is 2.67. The number of nitrogens with one attached hydrogen (secondary N) is 1. The van der Waals surface area contributed by atoms with E-state index in [1.807, 2.05) is 12.1 Å². The second kappa shape index (κ2) is 10.0. The molecule has 0 aliphatic heterocycles. The minimum Gasteiger partial charge on any atom is -0.480 e. The summed E-state index contributed by atoms with van der Waals surface area (Å²) in [7, 11) is 1.58. The molecule has 28 heavy (non-hydrogen) atoms. The maximum absolute atomic E-state index is 12.0. The fourth-order valence-electron chi connectivity index (χ4n) is 2.55. The third-order valence-corrected chi connectivity index (χ3v) is 3.97. The molecule has 0 aromatic heterocycles. The molecule has 0 heterocycles. The second-order valence-electron chi connectivity index (χ2n) is 5.89. The van der Waals surface area contributed by atoms with Crippen LogP contribution in [0.15, 0.2) is 48.5 Å². The normalized spacial score (nSPS) is 11.5. The molecule has 0 saturated heterocycles. The molecule has 0 aliphatic rings. The van der Waals surface area contributed by atoms with Crippen molar-refractivity contribution in [1.29, 1.82) is 0 Å². The van der Waals surface area contributed by atoms with Gasteiger partial charge in [0.05, 0.1) is 11.5 Å². The average molecular weight is 388 g/mol. The Bertz CT molecular complexity index is 836. The highest BCUT2D eigenvalue weighted by atomic mass is 16.6. The Morgan fingerprint density at radius 1 is 1.14 bits per heavy atom. The smallest absolute Gasteiger partial charge is 0.413 e. The minimum absolute atomic E-state index is 0.0627. The summed E-state index contributed by atoms with van der Waals surface area (Å²) in [5.41, 5.74) is 1.56. The van der Waals surface area contributed by atoms with Gasteiger partial charge in [-0.1, -0.05) is 24.3 Å². The van der Waals surface area contributed by atoms with Gasteiger partial charge in [0.1, 0.15) is 11.8 Å². The van der Waals surface area contributed by atoms with E-state index in [1.54, 1.807) is 19.2 Å². The first-order valence-electron chi connectivity index (χ1n) is 8.42. The number of carboxylic acids is 1. The minimum atomic E-state index is -1.21. The van der Waals surface area contributed by atoms with Gasteiger partial charge in [-0.25, -0.2) is 9.59 Å². The Morgan fingerprint density at radius 2 is 1.79 bits per heavy atom. The number of amides is 1. The summed E-state index contributed by atoms with van der Waals surface area (Å²) in [6, 6.07) is 11.0. The highest BCUT2D eigenvalue weighted by molar-refractivity contribution is 5.81. The molecule has 9 nitrogen and oxygen atoms in total. The van der Waals surface area contributed by atoms with E-state index in [0.717, 1.165) is 11.1 Å². The molecular formula is C19H20N2O7. The second-order valence-corrected chi connectivity index (χ2v) is 5.89. The van der Waals surface area contributed by atoms with Gasteiger partial charge >= 0.3 is 12.1 Å². The van der Waals surface area contributed by atoms with Crippen molar-refractivity contribution in [2.75, 3.05) is 13.7 Å². The van der Waals surface area contributed by atoms with Crippen LogP contribution in [0.3, 0.4) is 0 Å². The summed E-state index contributed by atoms with van der Waals surface area (Å²) < 4.78 is 10.1. The number of methoxy groups -OCH3 is 1. The molecule has 0 radical (unpaired) electrons. The Kier molecular flexibility index (Phi) is 7.46. The van der Waals surface area contributed by atoms with Gasteiger partial charge < -0.3 is 19.9 Å². The summed E-state index contributed by atoms with van der Waals surface area (Å²) in [4.78, 5) is 33.7. The zero-order chi connectivity index (χ0) is 20.5. The molecule has 2 N–H and O–H groups in total. The first kappa shape index (κ1) is 20.8. The number of aliphatic carboxylic acids is 1. The van der Waals surface area contributed by atoms with Crippen molar-refractivity contribution in [3.8, 4) is 5.75 Å². The van der Waals surface area contributed by atoms with Crippen molar-refractivity contribution in [3.05, 3.63) is 69.8 Å². The van der Waals surface area contributed by atoms with Crippen LogP contribution in [0.2, 0.25) is 0 Å². The summed E-state index contributed by atoms with van der Waals surface area (Å²) in [5.74, 6) is -1.14. The van der Waals surface area contributed by atoms with Gasteiger partial charge in [0.25, 0.3) is 5.69 Å². The molecule has 2 aromatic rings. The van der Waals surface area contributed by atoms with Gasteiger partial charge in [0.15, 0.2) is 0 Å². The molecule has 9 heteroatoms. The van der Waals surface area contributed by atoms with Crippen molar-refractivity contribution in [2.45, 2.75) is 18.9 Å². The lowest BCUT2D eigenvalue weighted by atomic mass is 9.98. The fourth-order valence-corrected chi connectivity index (χ4v) is 2.55. The number of carboxylic acid groups (broad SMARTS) is 1. The predicted molar refractivity (Wildman–Crippen MR) is 99.4 cm³/mol. The maximum Gasteiger partial charge on any atom is 0.413 e. The molecule has 0 unspecified atom stereocenters. The number of carbonyl (C=O) groups excluding carboxylic acids is 1. The van der Waals surface area contributed by atoms with Crippen LogP contribution in [0.5, 0.6) is 5.75 Å². The quantitative estimate of drug-likeness (QED) is 0.499. The highest BCUT2D eigenvalue weighted by Gasteiger charge is 2.22. The van der Waals surface area contributed by atoms with Crippen molar-refractivity contribution < 1.29 is 29.1 Å². The van der Waals surface area contributed by atoms with E-state index in [-0.39, 0.29) is 17.9 Å². The van der Waals surface area contributed by atoms with E-state index in [2.05, 4.69) is 5.32 Å². The topological polar surface area (TPSA) is 128 Å². The molecule has 0 spiro atoms. The van der Waals surface area contributed by atoms with Gasteiger partial charge in [-0.05, 0) is 29.7 Å². The van der Waals surface area contributed by atoms with Crippen molar-refractivity contribution in [2.24, 2.45) is 0 Å². The molecule has 0 bridgehead atoms. The Morgan fingerprint density at radius 3 is 2.36 bits per heavy atom. The first-order valence-corrected chi connectivity index (χ1v) is 8.42.